The molecule has 2 rings (SSSR count). The smallest absolute Gasteiger partial charge is 0.212 e. The number of benzene rings is 1. The minimum absolute atomic E-state index is 0.195. The molecule has 4 heteroatoms. The molecule has 1 aliphatic rings. The molecule has 1 fully saturated rings. The van der Waals surface area contributed by atoms with E-state index in [1.807, 2.05) is 30.3 Å². The maximum atomic E-state index is 12.4. The largest absolute Gasteiger partial charge is 0.214 e. The highest BCUT2D eigenvalue weighted by atomic mass is 32.2. The second kappa shape index (κ2) is 6.06. The SMILES string of the molecule is CC(C)C1CCCN1S(=O)(=O)CCc1ccccc1. The molecule has 0 radical (unpaired) electrons. The van der Waals surface area contributed by atoms with Gasteiger partial charge in [0.15, 0.2) is 0 Å². The lowest BCUT2D eigenvalue weighted by atomic mass is 10.0. The first-order valence-corrected chi connectivity index (χ1v) is 8.65. The Morgan fingerprint density at radius 1 is 1.26 bits per heavy atom. The predicted molar refractivity (Wildman–Crippen MR) is 78.5 cm³/mol. The van der Waals surface area contributed by atoms with E-state index >= 15 is 0 Å². The Kier molecular flexibility index (Phi) is 4.63. The normalized spacial score (nSPS) is 21.1. The molecule has 1 aliphatic heterocycles. The van der Waals surface area contributed by atoms with Crippen LogP contribution in [0.3, 0.4) is 0 Å². The summed E-state index contributed by atoms with van der Waals surface area (Å²) in [4.78, 5) is 0. The van der Waals surface area contributed by atoms with Gasteiger partial charge in [0.2, 0.25) is 10.0 Å². The van der Waals surface area contributed by atoms with Crippen LogP contribution in [-0.4, -0.2) is 31.1 Å². The highest BCUT2D eigenvalue weighted by molar-refractivity contribution is 7.89. The summed E-state index contributed by atoms with van der Waals surface area (Å²) < 4.78 is 26.6. The second-order valence-corrected chi connectivity index (χ2v) is 7.66. The van der Waals surface area contributed by atoms with Gasteiger partial charge in [0, 0.05) is 12.6 Å². The Morgan fingerprint density at radius 3 is 2.58 bits per heavy atom. The van der Waals surface area contributed by atoms with Gasteiger partial charge in [0.05, 0.1) is 5.75 Å². The van der Waals surface area contributed by atoms with Gasteiger partial charge in [-0.1, -0.05) is 44.2 Å². The van der Waals surface area contributed by atoms with Gasteiger partial charge in [0.1, 0.15) is 0 Å². The highest BCUT2D eigenvalue weighted by Gasteiger charge is 2.35. The Morgan fingerprint density at radius 2 is 1.95 bits per heavy atom. The van der Waals surface area contributed by atoms with Crippen LogP contribution in [0.1, 0.15) is 32.3 Å². The van der Waals surface area contributed by atoms with Crippen LogP contribution in [0.4, 0.5) is 0 Å². The minimum atomic E-state index is -3.12. The van der Waals surface area contributed by atoms with Crippen LogP contribution in [0.25, 0.3) is 0 Å². The molecule has 1 unspecified atom stereocenters. The Balaban J connectivity index is 2.02. The monoisotopic (exact) mass is 281 g/mol. The van der Waals surface area contributed by atoms with Gasteiger partial charge in [-0.15, -0.1) is 0 Å². The number of sulfonamides is 1. The van der Waals surface area contributed by atoms with Gasteiger partial charge in [-0.2, -0.15) is 4.31 Å². The first-order valence-electron chi connectivity index (χ1n) is 7.04. The van der Waals surface area contributed by atoms with Gasteiger partial charge in [-0.25, -0.2) is 8.42 Å². The maximum Gasteiger partial charge on any atom is 0.214 e. The zero-order valence-corrected chi connectivity index (χ0v) is 12.6. The summed E-state index contributed by atoms with van der Waals surface area (Å²) >= 11 is 0. The topological polar surface area (TPSA) is 37.4 Å². The average Bonchev–Trinajstić information content (AvgIpc) is 2.88. The highest BCUT2D eigenvalue weighted by Crippen LogP contribution is 2.27. The van der Waals surface area contributed by atoms with Crippen LogP contribution in [0.2, 0.25) is 0 Å². The molecule has 3 nitrogen and oxygen atoms in total. The number of nitrogens with zero attached hydrogens (tertiary/aromatic N) is 1. The van der Waals surface area contributed by atoms with Crippen molar-refractivity contribution >= 4 is 10.0 Å². The summed E-state index contributed by atoms with van der Waals surface area (Å²) in [5.74, 6) is 0.620. The number of hydrogen-bond acceptors (Lipinski definition) is 2. The Bertz CT molecular complexity index is 496. The summed E-state index contributed by atoms with van der Waals surface area (Å²) in [6.45, 7) is 4.91. The van der Waals surface area contributed by atoms with Crippen molar-refractivity contribution in [2.75, 3.05) is 12.3 Å². The lowest BCUT2D eigenvalue weighted by Gasteiger charge is -2.26. The van der Waals surface area contributed by atoms with Crippen molar-refractivity contribution in [1.29, 1.82) is 0 Å². The van der Waals surface area contributed by atoms with Crippen LogP contribution in [0.15, 0.2) is 30.3 Å². The number of rotatable bonds is 5. The molecule has 0 saturated carbocycles. The first kappa shape index (κ1) is 14.5. The Labute approximate surface area is 116 Å². The van der Waals surface area contributed by atoms with Gasteiger partial charge < -0.3 is 0 Å². The van der Waals surface area contributed by atoms with Crippen LogP contribution in [0.5, 0.6) is 0 Å². The van der Waals surface area contributed by atoms with Gasteiger partial charge in [-0.3, -0.25) is 0 Å². The molecule has 1 heterocycles. The maximum absolute atomic E-state index is 12.4. The van der Waals surface area contributed by atoms with Crippen LogP contribution in [-0.2, 0) is 16.4 Å². The third-order valence-electron chi connectivity index (χ3n) is 3.87. The van der Waals surface area contributed by atoms with E-state index in [0.717, 1.165) is 18.4 Å². The summed E-state index contributed by atoms with van der Waals surface area (Å²) in [7, 11) is -3.12. The molecule has 1 atom stereocenters. The quantitative estimate of drug-likeness (QED) is 0.832. The van der Waals surface area contributed by atoms with Gasteiger partial charge in [0.25, 0.3) is 0 Å². The van der Waals surface area contributed by atoms with E-state index in [4.69, 9.17) is 0 Å². The molecular weight excluding hydrogens is 258 g/mol. The molecule has 1 saturated heterocycles. The van der Waals surface area contributed by atoms with E-state index in [9.17, 15) is 8.42 Å². The van der Waals surface area contributed by atoms with Crippen molar-refractivity contribution in [3.8, 4) is 0 Å². The molecule has 0 spiro atoms. The van der Waals surface area contributed by atoms with Crippen LogP contribution < -0.4 is 0 Å². The summed E-state index contributed by atoms with van der Waals surface area (Å²) in [6.07, 6.45) is 2.60. The van der Waals surface area contributed by atoms with Gasteiger partial charge in [-0.05, 0) is 30.7 Å². The van der Waals surface area contributed by atoms with Crippen LogP contribution in [0, 0.1) is 5.92 Å². The van der Waals surface area contributed by atoms with Crippen molar-refractivity contribution in [1.82, 2.24) is 4.31 Å². The third kappa shape index (κ3) is 3.57. The van der Waals surface area contributed by atoms with Crippen LogP contribution >= 0.6 is 0 Å². The van der Waals surface area contributed by atoms with Crippen molar-refractivity contribution in [3.63, 3.8) is 0 Å². The zero-order chi connectivity index (χ0) is 13.9. The fourth-order valence-electron chi connectivity index (χ4n) is 2.79. The molecule has 0 aromatic heterocycles. The van der Waals surface area contributed by atoms with E-state index in [2.05, 4.69) is 13.8 Å². The molecule has 19 heavy (non-hydrogen) atoms. The predicted octanol–water partition coefficient (Wildman–Crippen LogP) is 2.68. The fourth-order valence-corrected chi connectivity index (χ4v) is 4.68. The standard InChI is InChI=1S/C15H23NO2S/c1-13(2)15-9-6-11-16(15)19(17,18)12-10-14-7-4-3-5-8-14/h3-5,7-8,13,15H,6,9-12H2,1-2H3. The third-order valence-corrected chi connectivity index (χ3v) is 5.75. The summed E-state index contributed by atoms with van der Waals surface area (Å²) in [6, 6.07) is 10.0. The van der Waals surface area contributed by atoms with Gasteiger partial charge >= 0.3 is 0 Å². The first-order chi connectivity index (χ1) is 9.00. The van der Waals surface area contributed by atoms with Crippen molar-refractivity contribution in [3.05, 3.63) is 35.9 Å². The second-order valence-electron chi connectivity index (χ2n) is 5.62. The molecule has 0 bridgehead atoms. The lowest BCUT2D eigenvalue weighted by Crippen LogP contribution is -2.40. The Hall–Kier alpha value is -0.870. The number of hydrogen-bond donors (Lipinski definition) is 0. The molecule has 106 valence electrons. The summed E-state index contributed by atoms with van der Waals surface area (Å²) in [5.41, 5.74) is 1.09. The molecule has 1 aromatic rings. The van der Waals surface area contributed by atoms with E-state index in [-0.39, 0.29) is 11.8 Å². The van der Waals surface area contributed by atoms with Crippen molar-refractivity contribution in [2.24, 2.45) is 5.92 Å². The molecule has 0 aliphatic carbocycles. The lowest BCUT2D eigenvalue weighted by molar-refractivity contribution is 0.316. The van der Waals surface area contributed by atoms with E-state index in [1.54, 1.807) is 4.31 Å². The fraction of sp³-hybridized carbons (Fsp3) is 0.600. The molecule has 1 aromatic carbocycles. The molecular formula is C15H23NO2S. The molecule has 0 amide bonds. The van der Waals surface area contributed by atoms with Crippen molar-refractivity contribution < 1.29 is 8.42 Å². The van der Waals surface area contributed by atoms with Crippen molar-refractivity contribution in [2.45, 2.75) is 39.2 Å². The minimum Gasteiger partial charge on any atom is -0.212 e. The number of aryl methyl sites for hydroxylation is 1. The van der Waals surface area contributed by atoms with E-state index in [0.29, 0.717) is 18.9 Å². The zero-order valence-electron chi connectivity index (χ0n) is 11.7. The van der Waals surface area contributed by atoms with E-state index < -0.39 is 10.0 Å². The molecule has 0 N–H and O–H groups in total. The average molecular weight is 281 g/mol. The summed E-state index contributed by atoms with van der Waals surface area (Å²) in [5, 5.41) is 0. The van der Waals surface area contributed by atoms with E-state index in [1.165, 1.54) is 0 Å².